The van der Waals surface area contributed by atoms with Crippen LogP contribution in [-0.4, -0.2) is 10.7 Å². The lowest BCUT2D eigenvalue weighted by Crippen LogP contribution is -2.31. The molecule has 1 heterocycles. The molecule has 2 nitrogen and oxygen atoms in total. The SMILES string of the molecule is CC1=NC2=CCC(C)C=C(C2)N1Cc1ccccc1. The van der Waals surface area contributed by atoms with Crippen molar-refractivity contribution < 1.29 is 0 Å². The van der Waals surface area contributed by atoms with Gasteiger partial charge in [-0.3, -0.25) is 0 Å². The number of hydrogen-bond donors (Lipinski definition) is 0. The van der Waals surface area contributed by atoms with Crippen molar-refractivity contribution in [3.63, 3.8) is 0 Å². The van der Waals surface area contributed by atoms with E-state index >= 15 is 0 Å². The fraction of sp³-hybridized carbons (Fsp3) is 0.353. The van der Waals surface area contributed by atoms with Gasteiger partial charge in [-0.1, -0.05) is 49.4 Å². The normalized spacial score (nSPS) is 22.3. The Morgan fingerprint density at radius 2 is 2.05 bits per heavy atom. The summed E-state index contributed by atoms with van der Waals surface area (Å²) in [6.45, 7) is 5.31. The molecule has 2 bridgehead atoms. The van der Waals surface area contributed by atoms with Gasteiger partial charge in [0, 0.05) is 24.4 Å². The maximum absolute atomic E-state index is 4.74. The number of benzene rings is 1. The van der Waals surface area contributed by atoms with Crippen molar-refractivity contribution in [1.82, 2.24) is 4.90 Å². The lowest BCUT2D eigenvalue weighted by atomic mass is 10.1. The van der Waals surface area contributed by atoms with E-state index in [9.17, 15) is 0 Å². The molecular weight excluding hydrogens is 232 g/mol. The summed E-state index contributed by atoms with van der Waals surface area (Å²) in [5, 5.41) is 0. The summed E-state index contributed by atoms with van der Waals surface area (Å²) in [6, 6.07) is 10.6. The first-order valence-corrected chi connectivity index (χ1v) is 6.99. The van der Waals surface area contributed by atoms with Gasteiger partial charge in [0.05, 0.1) is 0 Å². The van der Waals surface area contributed by atoms with Crippen LogP contribution in [0.2, 0.25) is 0 Å². The fourth-order valence-corrected chi connectivity index (χ4v) is 2.76. The van der Waals surface area contributed by atoms with Crippen LogP contribution in [-0.2, 0) is 6.54 Å². The molecule has 0 aromatic heterocycles. The van der Waals surface area contributed by atoms with Gasteiger partial charge in [0.15, 0.2) is 0 Å². The molecule has 1 aliphatic heterocycles. The fourth-order valence-electron chi connectivity index (χ4n) is 2.76. The minimum Gasteiger partial charge on any atom is -0.329 e. The lowest BCUT2D eigenvalue weighted by molar-refractivity contribution is 0.473. The zero-order valence-corrected chi connectivity index (χ0v) is 11.6. The number of allylic oxidation sites excluding steroid dienone is 2. The molecule has 0 amide bonds. The Bertz CT molecular complexity index is 552. The summed E-state index contributed by atoms with van der Waals surface area (Å²) in [5.74, 6) is 1.72. The first kappa shape index (κ1) is 12.2. The van der Waals surface area contributed by atoms with Gasteiger partial charge in [0.1, 0.15) is 5.84 Å². The number of amidine groups is 1. The van der Waals surface area contributed by atoms with Crippen LogP contribution in [0.5, 0.6) is 0 Å². The van der Waals surface area contributed by atoms with Crippen molar-refractivity contribution in [3.8, 4) is 0 Å². The standard InChI is InChI=1S/C17H20N2/c1-13-8-9-16-11-17(10-13)19(14(2)18-16)12-15-6-4-3-5-7-15/h3-7,9-10,13H,8,11-12H2,1-2H3. The Hall–Kier alpha value is -1.83. The molecule has 0 spiro atoms. The molecule has 2 heteroatoms. The second-order valence-electron chi connectivity index (χ2n) is 5.47. The van der Waals surface area contributed by atoms with E-state index in [-0.39, 0.29) is 0 Å². The van der Waals surface area contributed by atoms with Crippen molar-refractivity contribution >= 4 is 5.84 Å². The minimum atomic E-state index is 0.604. The van der Waals surface area contributed by atoms with Crippen molar-refractivity contribution in [2.45, 2.75) is 33.2 Å². The van der Waals surface area contributed by atoms with Crippen LogP contribution in [0.1, 0.15) is 32.3 Å². The maximum Gasteiger partial charge on any atom is 0.106 e. The number of fused-ring (bicyclic) bond motifs is 2. The summed E-state index contributed by atoms with van der Waals surface area (Å²) in [6.07, 6.45) is 6.78. The molecule has 3 rings (SSSR count). The third-order valence-electron chi connectivity index (χ3n) is 3.79. The molecule has 0 saturated carbocycles. The molecule has 1 aliphatic carbocycles. The van der Waals surface area contributed by atoms with Crippen molar-refractivity contribution in [2.24, 2.45) is 10.9 Å². The Morgan fingerprint density at radius 1 is 1.26 bits per heavy atom. The van der Waals surface area contributed by atoms with Gasteiger partial charge < -0.3 is 4.90 Å². The van der Waals surface area contributed by atoms with Crippen LogP contribution in [0.15, 0.2) is 58.9 Å². The minimum absolute atomic E-state index is 0.604. The van der Waals surface area contributed by atoms with Crippen LogP contribution in [0.3, 0.4) is 0 Å². The summed E-state index contributed by atoms with van der Waals surface area (Å²) in [5.41, 5.74) is 3.98. The second-order valence-corrected chi connectivity index (χ2v) is 5.47. The third-order valence-corrected chi connectivity index (χ3v) is 3.79. The molecule has 1 aromatic rings. The molecule has 2 aliphatic rings. The van der Waals surface area contributed by atoms with E-state index in [0.29, 0.717) is 5.92 Å². The predicted molar refractivity (Wildman–Crippen MR) is 79.7 cm³/mol. The van der Waals surface area contributed by atoms with Gasteiger partial charge in [0.2, 0.25) is 0 Å². The highest BCUT2D eigenvalue weighted by molar-refractivity contribution is 5.83. The van der Waals surface area contributed by atoms with Crippen LogP contribution in [0, 0.1) is 5.92 Å². The molecule has 0 radical (unpaired) electrons. The zero-order chi connectivity index (χ0) is 13.2. The smallest absolute Gasteiger partial charge is 0.106 e. The first-order valence-electron chi connectivity index (χ1n) is 6.99. The Morgan fingerprint density at radius 3 is 2.84 bits per heavy atom. The van der Waals surface area contributed by atoms with Crippen LogP contribution in [0.4, 0.5) is 0 Å². The Balaban J connectivity index is 1.92. The molecule has 98 valence electrons. The van der Waals surface area contributed by atoms with Gasteiger partial charge in [-0.25, -0.2) is 4.99 Å². The van der Waals surface area contributed by atoms with E-state index in [1.54, 1.807) is 0 Å². The average molecular weight is 252 g/mol. The second kappa shape index (κ2) is 5.04. The van der Waals surface area contributed by atoms with Crippen molar-refractivity contribution in [1.29, 1.82) is 0 Å². The van der Waals surface area contributed by atoms with Crippen molar-refractivity contribution in [2.75, 3.05) is 0 Å². The molecule has 0 fully saturated rings. The van der Waals surface area contributed by atoms with Gasteiger partial charge in [-0.05, 0) is 24.8 Å². The number of nitrogens with zero attached hydrogens (tertiary/aromatic N) is 2. The number of rotatable bonds is 2. The third kappa shape index (κ3) is 2.62. The highest BCUT2D eigenvalue weighted by Gasteiger charge is 2.22. The lowest BCUT2D eigenvalue weighted by Gasteiger charge is -2.31. The van der Waals surface area contributed by atoms with Crippen molar-refractivity contribution in [3.05, 3.63) is 59.4 Å². The summed E-state index contributed by atoms with van der Waals surface area (Å²) in [4.78, 5) is 7.09. The summed E-state index contributed by atoms with van der Waals surface area (Å²) >= 11 is 0. The molecule has 0 N–H and O–H groups in total. The topological polar surface area (TPSA) is 15.6 Å². The highest BCUT2D eigenvalue weighted by Crippen LogP contribution is 2.30. The van der Waals surface area contributed by atoms with Gasteiger partial charge >= 0.3 is 0 Å². The molecule has 0 saturated heterocycles. The average Bonchev–Trinajstić information content (AvgIpc) is 2.56. The van der Waals surface area contributed by atoms with E-state index in [1.807, 2.05) is 0 Å². The van der Waals surface area contributed by atoms with E-state index in [1.165, 1.54) is 17.0 Å². The van der Waals surface area contributed by atoms with Gasteiger partial charge in [0.25, 0.3) is 0 Å². The summed E-state index contributed by atoms with van der Waals surface area (Å²) < 4.78 is 0. The molecule has 1 atom stereocenters. The largest absolute Gasteiger partial charge is 0.329 e. The molecule has 1 aromatic carbocycles. The Kier molecular flexibility index (Phi) is 3.24. The van der Waals surface area contributed by atoms with Crippen LogP contribution >= 0.6 is 0 Å². The van der Waals surface area contributed by atoms with E-state index in [2.05, 4.69) is 61.2 Å². The molecule has 1 unspecified atom stereocenters. The number of aliphatic imine (C=N–C) groups is 1. The monoisotopic (exact) mass is 252 g/mol. The highest BCUT2D eigenvalue weighted by atomic mass is 15.2. The quantitative estimate of drug-likeness (QED) is 0.773. The van der Waals surface area contributed by atoms with Crippen LogP contribution < -0.4 is 0 Å². The molecule has 19 heavy (non-hydrogen) atoms. The van der Waals surface area contributed by atoms with E-state index < -0.39 is 0 Å². The molecular formula is C17H20N2. The maximum atomic E-state index is 4.74. The predicted octanol–water partition coefficient (Wildman–Crippen LogP) is 4.12. The van der Waals surface area contributed by atoms with Gasteiger partial charge in [-0.2, -0.15) is 0 Å². The van der Waals surface area contributed by atoms with E-state index in [0.717, 1.165) is 25.2 Å². The Labute approximate surface area is 115 Å². The number of hydrogen-bond acceptors (Lipinski definition) is 2. The first-order chi connectivity index (χ1) is 9.22. The zero-order valence-electron chi connectivity index (χ0n) is 11.6. The van der Waals surface area contributed by atoms with Crippen LogP contribution in [0.25, 0.3) is 0 Å². The van der Waals surface area contributed by atoms with E-state index in [4.69, 9.17) is 4.99 Å². The summed E-state index contributed by atoms with van der Waals surface area (Å²) in [7, 11) is 0. The van der Waals surface area contributed by atoms with Gasteiger partial charge in [-0.15, -0.1) is 0 Å².